The van der Waals surface area contributed by atoms with E-state index in [1.807, 2.05) is 38.1 Å². The van der Waals surface area contributed by atoms with Crippen LogP contribution < -0.4 is 0 Å². The minimum absolute atomic E-state index is 0.154. The van der Waals surface area contributed by atoms with Crippen LogP contribution in [0, 0.1) is 5.92 Å². The molecule has 1 fully saturated rings. The molecule has 0 radical (unpaired) electrons. The highest BCUT2D eigenvalue weighted by molar-refractivity contribution is 6.16. The summed E-state index contributed by atoms with van der Waals surface area (Å²) in [6.07, 6.45) is 1.73. The van der Waals surface area contributed by atoms with E-state index in [-0.39, 0.29) is 17.3 Å². The maximum absolute atomic E-state index is 12.3. The average molecular weight is 229 g/mol. The maximum atomic E-state index is 12.3. The molecule has 0 aliphatic carbocycles. The highest BCUT2D eigenvalue weighted by Crippen LogP contribution is 2.37. The minimum atomic E-state index is -0.206. The molecule has 3 rings (SSSR count). The van der Waals surface area contributed by atoms with E-state index < -0.39 is 0 Å². The maximum Gasteiger partial charge on any atom is 0.200 e. The second kappa shape index (κ2) is 3.42. The molecule has 3 heteroatoms. The van der Waals surface area contributed by atoms with Crippen molar-refractivity contribution in [2.45, 2.75) is 32.3 Å². The first-order valence-electron chi connectivity index (χ1n) is 5.98. The molecule has 0 saturated carbocycles. The van der Waals surface area contributed by atoms with Crippen molar-refractivity contribution >= 4 is 17.4 Å². The quantitative estimate of drug-likeness (QED) is 0.685. The highest BCUT2D eigenvalue weighted by atomic mass is 16.5. The van der Waals surface area contributed by atoms with Crippen molar-refractivity contribution in [3.05, 3.63) is 29.8 Å². The molecule has 3 nitrogen and oxygen atoms in total. The Kier molecular flexibility index (Phi) is 2.12. The van der Waals surface area contributed by atoms with E-state index in [9.17, 15) is 4.79 Å². The van der Waals surface area contributed by atoms with E-state index in [4.69, 9.17) is 4.74 Å². The van der Waals surface area contributed by atoms with Crippen LogP contribution in [0.1, 0.15) is 37.0 Å². The number of benzene rings is 1. The predicted octanol–water partition coefficient (Wildman–Crippen LogP) is 3.12. The van der Waals surface area contributed by atoms with Crippen molar-refractivity contribution < 1.29 is 9.53 Å². The molecule has 2 aliphatic rings. The third-order valence-electron chi connectivity index (χ3n) is 3.43. The molecule has 2 aliphatic heterocycles. The lowest BCUT2D eigenvalue weighted by Crippen LogP contribution is -2.42. The lowest BCUT2D eigenvalue weighted by Gasteiger charge is -2.37. The summed E-state index contributed by atoms with van der Waals surface area (Å²) in [5.74, 6) is 0.587. The molecule has 1 atom stereocenters. The van der Waals surface area contributed by atoms with E-state index in [0.717, 1.165) is 24.1 Å². The molecule has 0 amide bonds. The van der Waals surface area contributed by atoms with Gasteiger partial charge in [-0.05, 0) is 38.8 Å². The summed E-state index contributed by atoms with van der Waals surface area (Å²) in [5, 5.41) is 0. The van der Waals surface area contributed by atoms with Crippen molar-refractivity contribution in [3.8, 4) is 0 Å². The second-order valence-corrected chi connectivity index (χ2v) is 5.28. The van der Waals surface area contributed by atoms with Gasteiger partial charge in [0.1, 0.15) is 5.60 Å². The van der Waals surface area contributed by atoms with E-state index in [1.165, 1.54) is 0 Å². The number of ketones is 1. The zero-order chi connectivity index (χ0) is 12.0. The molecule has 0 bridgehead atoms. The largest absolute Gasteiger partial charge is 0.474 e. The summed E-state index contributed by atoms with van der Waals surface area (Å²) < 4.78 is 5.83. The average Bonchev–Trinajstić information content (AvgIpc) is 2.27. The molecule has 17 heavy (non-hydrogen) atoms. The van der Waals surface area contributed by atoms with Crippen molar-refractivity contribution in [1.82, 2.24) is 0 Å². The molecule has 1 aromatic carbocycles. The van der Waals surface area contributed by atoms with Crippen molar-refractivity contribution in [2.75, 3.05) is 0 Å². The number of Topliss-reactive ketones (excluding diaryl/α,β-unsaturated/α-hetero) is 1. The fourth-order valence-corrected chi connectivity index (χ4v) is 2.45. The van der Waals surface area contributed by atoms with Gasteiger partial charge in [0.05, 0.1) is 11.6 Å². The molecular formula is C14H15NO2. The summed E-state index contributed by atoms with van der Waals surface area (Å²) >= 11 is 0. The number of para-hydroxylation sites is 1. The Hall–Kier alpha value is -1.64. The van der Waals surface area contributed by atoms with Gasteiger partial charge in [0.2, 0.25) is 0 Å². The van der Waals surface area contributed by atoms with Crippen LogP contribution in [-0.2, 0) is 4.74 Å². The number of carbonyl (C=O) groups excluding carboxylic acids is 1. The fraction of sp³-hybridized carbons (Fsp3) is 0.429. The highest BCUT2D eigenvalue weighted by Gasteiger charge is 2.40. The molecule has 0 aromatic heterocycles. The number of hydrogen-bond donors (Lipinski definition) is 0. The summed E-state index contributed by atoms with van der Waals surface area (Å²) in [5.41, 5.74) is 1.26. The van der Waals surface area contributed by atoms with Crippen LogP contribution >= 0.6 is 0 Å². The van der Waals surface area contributed by atoms with Gasteiger partial charge in [0, 0.05) is 5.56 Å². The molecule has 0 N–H and O–H groups in total. The van der Waals surface area contributed by atoms with Crippen molar-refractivity contribution in [1.29, 1.82) is 0 Å². The molecule has 1 aromatic rings. The third kappa shape index (κ3) is 1.66. The molecule has 1 saturated heterocycles. The zero-order valence-corrected chi connectivity index (χ0v) is 10.1. The van der Waals surface area contributed by atoms with E-state index in [1.54, 1.807) is 0 Å². The predicted molar refractivity (Wildman–Crippen MR) is 65.8 cm³/mol. The number of rotatable bonds is 0. The van der Waals surface area contributed by atoms with Crippen LogP contribution in [0.3, 0.4) is 0 Å². The Balaban J connectivity index is 2.08. The lowest BCUT2D eigenvalue weighted by atomic mass is 9.84. The molecule has 88 valence electrons. The van der Waals surface area contributed by atoms with Gasteiger partial charge in [0.15, 0.2) is 11.7 Å². The van der Waals surface area contributed by atoms with Gasteiger partial charge in [-0.15, -0.1) is 0 Å². The first-order valence-corrected chi connectivity index (χ1v) is 5.98. The van der Waals surface area contributed by atoms with Gasteiger partial charge in [-0.1, -0.05) is 12.1 Å². The second-order valence-electron chi connectivity index (χ2n) is 5.28. The minimum Gasteiger partial charge on any atom is -0.474 e. The van der Waals surface area contributed by atoms with Gasteiger partial charge < -0.3 is 4.74 Å². The monoisotopic (exact) mass is 229 g/mol. The molecular weight excluding hydrogens is 214 g/mol. The SMILES string of the molecule is CC1(C)CCC2C(=O)c3ccccc3N=C2O1. The summed E-state index contributed by atoms with van der Waals surface area (Å²) in [4.78, 5) is 16.8. The first-order chi connectivity index (χ1) is 8.07. The van der Waals surface area contributed by atoms with Crippen LogP contribution in [0.25, 0.3) is 0 Å². The third-order valence-corrected chi connectivity index (χ3v) is 3.43. The number of fused-ring (bicyclic) bond motifs is 2. The summed E-state index contributed by atoms with van der Waals surface area (Å²) in [6.45, 7) is 4.08. The first kappa shape index (κ1) is 10.5. The smallest absolute Gasteiger partial charge is 0.200 e. The van der Waals surface area contributed by atoms with Crippen molar-refractivity contribution in [2.24, 2.45) is 10.9 Å². The zero-order valence-electron chi connectivity index (χ0n) is 10.1. The normalized spacial score (nSPS) is 25.4. The van der Waals surface area contributed by atoms with Gasteiger partial charge in [-0.3, -0.25) is 4.79 Å². The molecule has 2 heterocycles. The van der Waals surface area contributed by atoms with Gasteiger partial charge >= 0.3 is 0 Å². The Labute approximate surface area is 101 Å². The van der Waals surface area contributed by atoms with Crippen LogP contribution in [-0.4, -0.2) is 17.3 Å². The molecule has 0 spiro atoms. The standard InChI is InChI=1S/C14H15NO2/c1-14(2)8-7-10-12(16)9-5-3-4-6-11(9)15-13(10)17-14/h3-6,10H,7-8H2,1-2H3. The van der Waals surface area contributed by atoms with Crippen LogP contribution in [0.2, 0.25) is 0 Å². The van der Waals surface area contributed by atoms with Gasteiger partial charge in [0.25, 0.3) is 0 Å². The van der Waals surface area contributed by atoms with Gasteiger partial charge in [-0.2, -0.15) is 0 Å². The lowest BCUT2D eigenvalue weighted by molar-refractivity contribution is 0.0431. The Morgan fingerprint density at radius 2 is 2.12 bits per heavy atom. The van der Waals surface area contributed by atoms with E-state index in [2.05, 4.69) is 4.99 Å². The van der Waals surface area contributed by atoms with Crippen molar-refractivity contribution in [3.63, 3.8) is 0 Å². The number of ether oxygens (including phenoxy) is 1. The number of nitrogens with zero attached hydrogens (tertiary/aromatic N) is 1. The molecule has 1 unspecified atom stereocenters. The summed E-state index contributed by atoms with van der Waals surface area (Å²) in [6, 6.07) is 7.48. The fourth-order valence-electron chi connectivity index (χ4n) is 2.45. The number of carbonyl (C=O) groups is 1. The number of hydrogen-bond acceptors (Lipinski definition) is 3. The topological polar surface area (TPSA) is 38.7 Å². The van der Waals surface area contributed by atoms with E-state index >= 15 is 0 Å². The Bertz CT molecular complexity index is 517. The van der Waals surface area contributed by atoms with Crippen LogP contribution in [0.5, 0.6) is 0 Å². The van der Waals surface area contributed by atoms with Crippen LogP contribution in [0.15, 0.2) is 29.3 Å². The van der Waals surface area contributed by atoms with Gasteiger partial charge in [-0.25, -0.2) is 4.99 Å². The Morgan fingerprint density at radius 3 is 2.94 bits per heavy atom. The van der Waals surface area contributed by atoms with Crippen LogP contribution in [0.4, 0.5) is 5.69 Å². The Morgan fingerprint density at radius 1 is 1.35 bits per heavy atom. The summed E-state index contributed by atoms with van der Waals surface area (Å²) in [7, 11) is 0. The van der Waals surface area contributed by atoms with E-state index in [0.29, 0.717) is 5.90 Å². The number of aliphatic imine (C=N–C) groups is 1.